The molecule has 1 aromatic heterocycles. The number of anilines is 2. The molecule has 1 N–H and O–H groups in total. The summed E-state index contributed by atoms with van der Waals surface area (Å²) < 4.78 is 0. The number of aromatic nitrogens is 2. The van der Waals surface area contributed by atoms with Crippen molar-refractivity contribution >= 4 is 23.1 Å². The highest BCUT2D eigenvalue weighted by atomic mass is 35.5. The molecule has 5 heteroatoms. The first-order valence-electron chi connectivity index (χ1n) is 6.61. The minimum Gasteiger partial charge on any atom is -0.339 e. The van der Waals surface area contributed by atoms with E-state index in [4.69, 9.17) is 11.6 Å². The number of rotatable bonds is 3. The third-order valence-corrected chi connectivity index (χ3v) is 3.30. The summed E-state index contributed by atoms with van der Waals surface area (Å²) in [7, 11) is 0. The van der Waals surface area contributed by atoms with Crippen molar-refractivity contribution in [1.82, 2.24) is 9.97 Å². The van der Waals surface area contributed by atoms with Gasteiger partial charge in [-0.25, -0.2) is 9.97 Å². The summed E-state index contributed by atoms with van der Waals surface area (Å²) in [4.78, 5) is 8.69. The molecule has 106 valence electrons. The van der Waals surface area contributed by atoms with Crippen molar-refractivity contribution in [3.63, 3.8) is 0 Å². The van der Waals surface area contributed by atoms with Crippen molar-refractivity contribution in [3.05, 3.63) is 71.4 Å². The number of para-hydroxylation sites is 1. The monoisotopic (exact) mass is 306 g/mol. The molecule has 0 aliphatic rings. The van der Waals surface area contributed by atoms with E-state index in [0.717, 1.165) is 11.3 Å². The van der Waals surface area contributed by atoms with Crippen LogP contribution in [0.1, 0.15) is 5.56 Å². The molecule has 0 saturated carbocycles. The lowest BCUT2D eigenvalue weighted by Crippen LogP contribution is -2.00. The highest BCUT2D eigenvalue weighted by Gasteiger charge is 2.09. The highest BCUT2D eigenvalue weighted by Crippen LogP contribution is 2.23. The van der Waals surface area contributed by atoms with E-state index in [9.17, 15) is 5.26 Å². The van der Waals surface area contributed by atoms with Crippen molar-refractivity contribution in [2.24, 2.45) is 0 Å². The van der Waals surface area contributed by atoms with Crippen LogP contribution in [-0.4, -0.2) is 9.97 Å². The van der Waals surface area contributed by atoms with Crippen molar-refractivity contribution in [2.45, 2.75) is 0 Å². The van der Waals surface area contributed by atoms with Gasteiger partial charge in [0, 0.05) is 16.3 Å². The molecule has 0 radical (unpaired) electrons. The lowest BCUT2D eigenvalue weighted by molar-refractivity contribution is 1.16. The van der Waals surface area contributed by atoms with Crippen LogP contribution in [0.2, 0.25) is 5.02 Å². The Morgan fingerprint density at radius 3 is 2.41 bits per heavy atom. The van der Waals surface area contributed by atoms with E-state index in [1.54, 1.807) is 12.1 Å². The number of hydrogen-bond donors (Lipinski definition) is 1. The first-order chi connectivity index (χ1) is 10.8. The molecule has 2 aromatic carbocycles. The predicted molar refractivity (Wildman–Crippen MR) is 86.9 cm³/mol. The van der Waals surface area contributed by atoms with Gasteiger partial charge >= 0.3 is 0 Å². The second-order valence-corrected chi connectivity index (χ2v) is 5.00. The number of nitrogens with zero attached hydrogens (tertiary/aromatic N) is 3. The quantitative estimate of drug-likeness (QED) is 0.778. The van der Waals surface area contributed by atoms with Gasteiger partial charge in [0.15, 0.2) is 11.6 Å². The highest BCUT2D eigenvalue weighted by molar-refractivity contribution is 6.30. The molecule has 0 aliphatic heterocycles. The van der Waals surface area contributed by atoms with Gasteiger partial charge in [0.2, 0.25) is 0 Å². The SMILES string of the molecule is N#Cc1cnc(-c2ccc(Cl)cc2)nc1Nc1ccccc1. The molecule has 0 fully saturated rings. The number of nitrogens with one attached hydrogen (secondary N) is 1. The van der Waals surface area contributed by atoms with Crippen molar-refractivity contribution < 1.29 is 0 Å². The predicted octanol–water partition coefficient (Wildman–Crippen LogP) is 4.41. The van der Waals surface area contributed by atoms with E-state index in [1.807, 2.05) is 42.5 Å². The van der Waals surface area contributed by atoms with Gasteiger partial charge in [0.1, 0.15) is 11.6 Å². The molecule has 0 spiro atoms. The fraction of sp³-hybridized carbons (Fsp3) is 0. The molecular formula is C17H11ClN4. The van der Waals surface area contributed by atoms with Crippen LogP contribution < -0.4 is 5.32 Å². The second-order valence-electron chi connectivity index (χ2n) is 4.57. The van der Waals surface area contributed by atoms with E-state index < -0.39 is 0 Å². The summed E-state index contributed by atoms with van der Waals surface area (Å²) in [5, 5.41) is 13.0. The van der Waals surface area contributed by atoms with E-state index in [0.29, 0.717) is 22.2 Å². The van der Waals surface area contributed by atoms with Crippen LogP contribution in [0.5, 0.6) is 0 Å². The number of nitriles is 1. The summed E-state index contributed by atoms with van der Waals surface area (Å²) in [5.41, 5.74) is 2.09. The lowest BCUT2D eigenvalue weighted by Gasteiger charge is -2.08. The molecule has 0 amide bonds. The fourth-order valence-electron chi connectivity index (χ4n) is 1.96. The van der Waals surface area contributed by atoms with Crippen LogP contribution in [0.15, 0.2) is 60.8 Å². The molecule has 3 aromatic rings. The summed E-state index contributed by atoms with van der Waals surface area (Å²) in [6.45, 7) is 0. The molecule has 22 heavy (non-hydrogen) atoms. The molecule has 4 nitrogen and oxygen atoms in total. The van der Waals surface area contributed by atoms with Gasteiger partial charge in [0.25, 0.3) is 0 Å². The fourth-order valence-corrected chi connectivity index (χ4v) is 2.08. The third-order valence-electron chi connectivity index (χ3n) is 3.05. The minimum absolute atomic E-state index is 0.390. The Hall–Kier alpha value is -2.90. The van der Waals surface area contributed by atoms with Crippen molar-refractivity contribution in [1.29, 1.82) is 5.26 Å². The van der Waals surface area contributed by atoms with Gasteiger partial charge in [-0.1, -0.05) is 29.8 Å². The summed E-state index contributed by atoms with van der Waals surface area (Å²) in [6.07, 6.45) is 1.52. The zero-order valence-electron chi connectivity index (χ0n) is 11.5. The molecule has 0 saturated heterocycles. The average Bonchev–Trinajstić information content (AvgIpc) is 2.56. The molecule has 0 aliphatic carbocycles. The Balaban J connectivity index is 1.99. The average molecular weight is 307 g/mol. The van der Waals surface area contributed by atoms with Gasteiger partial charge in [-0.2, -0.15) is 5.26 Å². The van der Waals surface area contributed by atoms with Gasteiger partial charge < -0.3 is 5.32 Å². The zero-order chi connectivity index (χ0) is 15.4. The van der Waals surface area contributed by atoms with Gasteiger partial charge in [-0.05, 0) is 36.4 Å². The van der Waals surface area contributed by atoms with Crippen LogP contribution in [0, 0.1) is 11.3 Å². The Morgan fingerprint density at radius 1 is 1.00 bits per heavy atom. The lowest BCUT2D eigenvalue weighted by atomic mass is 10.2. The smallest absolute Gasteiger partial charge is 0.161 e. The van der Waals surface area contributed by atoms with Crippen LogP contribution in [-0.2, 0) is 0 Å². The first-order valence-corrected chi connectivity index (χ1v) is 6.99. The van der Waals surface area contributed by atoms with Crippen molar-refractivity contribution in [3.8, 4) is 17.5 Å². The number of halogens is 1. The van der Waals surface area contributed by atoms with Gasteiger partial charge in [-0.15, -0.1) is 0 Å². The number of benzene rings is 2. The first kappa shape index (κ1) is 14.1. The third kappa shape index (κ3) is 3.05. The molecular weight excluding hydrogens is 296 g/mol. The standard InChI is InChI=1S/C17H11ClN4/c18-14-8-6-12(7-9-14)16-20-11-13(10-19)17(22-16)21-15-4-2-1-3-5-15/h1-9,11H,(H,20,21,22). The Morgan fingerprint density at radius 2 is 1.73 bits per heavy atom. The van der Waals surface area contributed by atoms with Crippen molar-refractivity contribution in [2.75, 3.05) is 5.32 Å². The molecule has 1 heterocycles. The maximum absolute atomic E-state index is 9.21. The van der Waals surface area contributed by atoms with Crippen LogP contribution in [0.25, 0.3) is 11.4 Å². The van der Waals surface area contributed by atoms with Crippen LogP contribution in [0.4, 0.5) is 11.5 Å². The van der Waals surface area contributed by atoms with E-state index in [1.165, 1.54) is 6.20 Å². The van der Waals surface area contributed by atoms with Crippen LogP contribution in [0.3, 0.4) is 0 Å². The molecule has 3 rings (SSSR count). The van der Waals surface area contributed by atoms with Gasteiger partial charge in [-0.3, -0.25) is 0 Å². The topological polar surface area (TPSA) is 61.6 Å². The summed E-state index contributed by atoms with van der Waals surface area (Å²) in [5.74, 6) is 1.02. The molecule has 0 atom stereocenters. The zero-order valence-corrected chi connectivity index (χ0v) is 12.2. The van der Waals surface area contributed by atoms with Gasteiger partial charge in [0.05, 0.1) is 6.20 Å². The maximum Gasteiger partial charge on any atom is 0.161 e. The van der Waals surface area contributed by atoms with E-state index in [-0.39, 0.29) is 0 Å². The molecule has 0 unspecified atom stereocenters. The second kappa shape index (κ2) is 6.25. The Kier molecular flexibility index (Phi) is 3.99. The molecule has 0 bridgehead atoms. The normalized spacial score (nSPS) is 10.0. The van der Waals surface area contributed by atoms with Crippen LogP contribution >= 0.6 is 11.6 Å². The summed E-state index contributed by atoms with van der Waals surface area (Å²) >= 11 is 5.89. The van der Waals surface area contributed by atoms with E-state index >= 15 is 0 Å². The number of hydrogen-bond acceptors (Lipinski definition) is 4. The largest absolute Gasteiger partial charge is 0.339 e. The van der Waals surface area contributed by atoms with E-state index in [2.05, 4.69) is 21.4 Å². The minimum atomic E-state index is 0.390. The maximum atomic E-state index is 9.21. The Bertz CT molecular complexity index is 824. The Labute approximate surface area is 133 Å². The summed E-state index contributed by atoms with van der Waals surface area (Å²) in [6, 6.07) is 18.9.